The topological polar surface area (TPSA) is 135 Å². The van der Waals surface area contributed by atoms with E-state index in [0.29, 0.717) is 25.9 Å². The number of carbonyl (C=O) groups is 2. The molecule has 0 saturated carbocycles. The van der Waals surface area contributed by atoms with Crippen molar-refractivity contribution in [1.29, 1.82) is 0 Å². The normalized spacial score (nSPS) is 11.8. The number of hydrogen-bond acceptors (Lipinski definition) is 4. The first-order chi connectivity index (χ1) is 9.86. The third-order valence-electron chi connectivity index (χ3n) is 2.59. The molecule has 0 aromatic rings. The van der Waals surface area contributed by atoms with Crippen molar-refractivity contribution in [1.82, 2.24) is 16.0 Å². The van der Waals surface area contributed by atoms with E-state index < -0.39 is 0 Å². The predicted molar refractivity (Wildman–Crippen MR) is 83.7 cm³/mol. The quantitative estimate of drug-likeness (QED) is 0.193. The molecule has 0 aliphatic heterocycles. The van der Waals surface area contributed by atoms with Crippen LogP contribution in [0.1, 0.15) is 33.6 Å². The number of guanidine groups is 1. The molecule has 0 aromatic heterocycles. The first-order valence-electron chi connectivity index (χ1n) is 7.22. The SMILES string of the molecule is CCNC(CCCN=C(N)N)C(=O)NCC(=O)NC(C)C. The Labute approximate surface area is 126 Å². The maximum atomic E-state index is 12.0. The Balaban J connectivity index is 4.16. The molecular weight excluding hydrogens is 272 g/mol. The van der Waals surface area contributed by atoms with Gasteiger partial charge >= 0.3 is 0 Å². The zero-order valence-corrected chi connectivity index (χ0v) is 13.1. The molecule has 0 aromatic carbocycles. The van der Waals surface area contributed by atoms with E-state index in [1.807, 2.05) is 20.8 Å². The minimum atomic E-state index is -0.351. The minimum absolute atomic E-state index is 0.0210. The summed E-state index contributed by atoms with van der Waals surface area (Å²) in [5.74, 6) is -0.348. The lowest BCUT2D eigenvalue weighted by Gasteiger charge is -2.17. The smallest absolute Gasteiger partial charge is 0.239 e. The molecule has 0 spiro atoms. The van der Waals surface area contributed by atoms with Gasteiger partial charge in [0.2, 0.25) is 11.8 Å². The lowest BCUT2D eigenvalue weighted by atomic mass is 10.1. The second kappa shape index (κ2) is 10.9. The number of likely N-dealkylation sites (N-methyl/N-ethyl adjacent to an activating group) is 1. The molecule has 8 nitrogen and oxygen atoms in total. The van der Waals surface area contributed by atoms with Crippen LogP contribution in [0.15, 0.2) is 4.99 Å². The predicted octanol–water partition coefficient (Wildman–Crippen LogP) is -1.34. The van der Waals surface area contributed by atoms with E-state index in [1.54, 1.807) is 0 Å². The van der Waals surface area contributed by atoms with Crippen LogP contribution < -0.4 is 27.4 Å². The highest BCUT2D eigenvalue weighted by Crippen LogP contribution is 1.98. The van der Waals surface area contributed by atoms with Crippen molar-refractivity contribution in [3.8, 4) is 0 Å². The maximum absolute atomic E-state index is 12.0. The number of rotatable bonds is 10. The van der Waals surface area contributed by atoms with E-state index >= 15 is 0 Å². The molecule has 122 valence electrons. The number of amides is 2. The van der Waals surface area contributed by atoms with Crippen LogP contribution in [0.5, 0.6) is 0 Å². The summed E-state index contributed by atoms with van der Waals surface area (Å²) in [5.41, 5.74) is 10.5. The van der Waals surface area contributed by atoms with Gasteiger partial charge in [0.25, 0.3) is 0 Å². The fraction of sp³-hybridized carbons (Fsp3) is 0.769. The lowest BCUT2D eigenvalue weighted by Crippen LogP contribution is -2.48. The van der Waals surface area contributed by atoms with Crippen molar-refractivity contribution in [2.45, 2.75) is 45.7 Å². The minimum Gasteiger partial charge on any atom is -0.370 e. The largest absolute Gasteiger partial charge is 0.370 e. The van der Waals surface area contributed by atoms with E-state index in [9.17, 15) is 9.59 Å². The number of aliphatic imine (C=N–C) groups is 1. The van der Waals surface area contributed by atoms with Crippen LogP contribution in [0.2, 0.25) is 0 Å². The molecule has 2 amide bonds. The van der Waals surface area contributed by atoms with Gasteiger partial charge in [-0.2, -0.15) is 0 Å². The van der Waals surface area contributed by atoms with Crippen LogP contribution in [-0.2, 0) is 9.59 Å². The Morgan fingerprint density at radius 3 is 2.43 bits per heavy atom. The third-order valence-corrected chi connectivity index (χ3v) is 2.59. The summed E-state index contributed by atoms with van der Waals surface area (Å²) in [6.45, 7) is 6.77. The monoisotopic (exact) mass is 300 g/mol. The van der Waals surface area contributed by atoms with Crippen LogP contribution in [0.4, 0.5) is 0 Å². The molecule has 21 heavy (non-hydrogen) atoms. The number of nitrogens with zero attached hydrogens (tertiary/aromatic N) is 1. The van der Waals surface area contributed by atoms with Crippen molar-refractivity contribution in [2.24, 2.45) is 16.5 Å². The summed E-state index contributed by atoms with van der Waals surface area (Å²) in [6, 6.07) is -0.297. The fourth-order valence-electron chi connectivity index (χ4n) is 1.74. The van der Waals surface area contributed by atoms with Gasteiger partial charge in [0, 0.05) is 12.6 Å². The molecule has 1 atom stereocenters. The van der Waals surface area contributed by atoms with Crippen LogP contribution in [-0.4, -0.2) is 49.5 Å². The average molecular weight is 300 g/mol. The molecule has 0 rings (SSSR count). The van der Waals surface area contributed by atoms with Gasteiger partial charge in [-0.1, -0.05) is 6.92 Å². The lowest BCUT2D eigenvalue weighted by molar-refractivity contribution is -0.127. The summed E-state index contributed by atoms with van der Waals surface area (Å²) in [5, 5.41) is 8.42. The van der Waals surface area contributed by atoms with Crippen LogP contribution in [0, 0.1) is 0 Å². The Morgan fingerprint density at radius 1 is 1.24 bits per heavy atom. The van der Waals surface area contributed by atoms with Crippen LogP contribution in [0.3, 0.4) is 0 Å². The highest BCUT2D eigenvalue weighted by molar-refractivity contribution is 5.87. The van der Waals surface area contributed by atoms with Crippen molar-refractivity contribution in [3.63, 3.8) is 0 Å². The summed E-state index contributed by atoms with van der Waals surface area (Å²) in [6.07, 6.45) is 1.28. The number of nitrogens with two attached hydrogens (primary N) is 2. The van der Waals surface area contributed by atoms with Gasteiger partial charge < -0.3 is 27.4 Å². The molecule has 8 heteroatoms. The van der Waals surface area contributed by atoms with Gasteiger partial charge in [-0.3, -0.25) is 14.6 Å². The maximum Gasteiger partial charge on any atom is 0.239 e. The van der Waals surface area contributed by atoms with Crippen molar-refractivity contribution >= 4 is 17.8 Å². The second-order valence-corrected chi connectivity index (χ2v) is 5.00. The summed E-state index contributed by atoms with van der Waals surface area (Å²) in [7, 11) is 0. The molecule has 0 bridgehead atoms. The fourth-order valence-corrected chi connectivity index (χ4v) is 1.74. The zero-order chi connectivity index (χ0) is 16.3. The standard InChI is InChI=1S/C13H28N6O2/c1-4-16-10(6-5-7-17-13(14)15)12(21)18-8-11(20)19-9(2)3/h9-10,16H,4-8H2,1-3H3,(H,18,21)(H,19,20)(H4,14,15,17). The van der Waals surface area contributed by atoms with Gasteiger partial charge in [-0.05, 0) is 33.2 Å². The van der Waals surface area contributed by atoms with Crippen LogP contribution in [0.25, 0.3) is 0 Å². The average Bonchev–Trinajstić information content (AvgIpc) is 2.38. The van der Waals surface area contributed by atoms with Crippen molar-refractivity contribution in [2.75, 3.05) is 19.6 Å². The van der Waals surface area contributed by atoms with Gasteiger partial charge in [0.15, 0.2) is 5.96 Å². The van der Waals surface area contributed by atoms with E-state index in [2.05, 4.69) is 20.9 Å². The molecule has 0 saturated heterocycles. The molecule has 0 heterocycles. The summed E-state index contributed by atoms with van der Waals surface area (Å²) >= 11 is 0. The van der Waals surface area contributed by atoms with Gasteiger partial charge in [-0.25, -0.2) is 0 Å². The Kier molecular flexibility index (Phi) is 9.95. The number of carbonyl (C=O) groups excluding carboxylic acids is 2. The van der Waals surface area contributed by atoms with Crippen LogP contribution >= 0.6 is 0 Å². The molecule has 0 radical (unpaired) electrons. The highest BCUT2D eigenvalue weighted by atomic mass is 16.2. The van der Waals surface area contributed by atoms with Gasteiger partial charge in [-0.15, -0.1) is 0 Å². The molecule has 1 unspecified atom stereocenters. The summed E-state index contributed by atoms with van der Waals surface area (Å²) < 4.78 is 0. The molecule has 0 fully saturated rings. The van der Waals surface area contributed by atoms with Gasteiger partial charge in [0.1, 0.15) is 0 Å². The first-order valence-corrected chi connectivity index (χ1v) is 7.22. The third kappa shape index (κ3) is 10.6. The van der Waals surface area contributed by atoms with Crippen molar-refractivity contribution < 1.29 is 9.59 Å². The molecule has 0 aliphatic carbocycles. The number of hydrogen-bond donors (Lipinski definition) is 5. The molecule has 7 N–H and O–H groups in total. The van der Waals surface area contributed by atoms with E-state index in [1.165, 1.54) is 0 Å². The first kappa shape index (κ1) is 19.2. The molecular formula is C13H28N6O2. The Bertz CT molecular complexity index is 353. The summed E-state index contributed by atoms with van der Waals surface area (Å²) in [4.78, 5) is 27.4. The zero-order valence-electron chi connectivity index (χ0n) is 13.1. The Morgan fingerprint density at radius 2 is 1.90 bits per heavy atom. The Hall–Kier alpha value is -1.83. The second-order valence-electron chi connectivity index (χ2n) is 5.00. The van der Waals surface area contributed by atoms with E-state index in [4.69, 9.17) is 11.5 Å². The van der Waals surface area contributed by atoms with E-state index in [0.717, 1.165) is 0 Å². The molecule has 0 aliphatic rings. The van der Waals surface area contributed by atoms with Gasteiger partial charge in [0.05, 0.1) is 12.6 Å². The number of nitrogens with one attached hydrogen (secondary N) is 3. The van der Waals surface area contributed by atoms with Crippen molar-refractivity contribution in [3.05, 3.63) is 0 Å². The highest BCUT2D eigenvalue weighted by Gasteiger charge is 2.17. The van der Waals surface area contributed by atoms with E-state index in [-0.39, 0.29) is 36.4 Å².